The third-order valence-electron chi connectivity index (χ3n) is 1.99. The molecule has 0 amide bonds. The van der Waals surface area contributed by atoms with Gasteiger partial charge in [0.05, 0.1) is 5.02 Å². The zero-order valence-electron chi connectivity index (χ0n) is 9.08. The molecule has 0 heterocycles. The Balaban J connectivity index is 2.50. The molecule has 5 heteroatoms. The highest BCUT2D eigenvalue weighted by Gasteiger charge is 2.08. The molecule has 1 rings (SSSR count). The van der Waals surface area contributed by atoms with E-state index in [1.165, 1.54) is 18.2 Å². The summed E-state index contributed by atoms with van der Waals surface area (Å²) >= 11 is 5.61. The number of hydrogen-bond donors (Lipinski definition) is 1. The van der Waals surface area contributed by atoms with E-state index >= 15 is 0 Å². The molecule has 0 radical (unpaired) electrons. The first-order valence-electron chi connectivity index (χ1n) is 5.07. The van der Waals surface area contributed by atoms with E-state index in [4.69, 9.17) is 26.8 Å². The quantitative estimate of drug-likeness (QED) is 0.838. The molecule has 0 saturated carbocycles. The van der Waals surface area contributed by atoms with Gasteiger partial charge in [-0.1, -0.05) is 11.6 Å². The predicted molar refractivity (Wildman–Crippen MR) is 61.4 cm³/mol. The van der Waals surface area contributed by atoms with Crippen molar-refractivity contribution < 1.29 is 13.9 Å². The number of nitrogens with two attached hydrogens (primary N) is 1. The van der Waals surface area contributed by atoms with E-state index in [1.807, 2.05) is 6.92 Å². The van der Waals surface area contributed by atoms with Crippen molar-refractivity contribution in [1.82, 2.24) is 0 Å². The minimum absolute atomic E-state index is 0.0400. The van der Waals surface area contributed by atoms with Gasteiger partial charge in [0.25, 0.3) is 0 Å². The molecule has 0 aliphatic heterocycles. The molecule has 0 aliphatic carbocycles. The molecule has 1 atom stereocenters. The summed E-state index contributed by atoms with van der Waals surface area (Å²) in [5.74, 6) is 0.0405. The van der Waals surface area contributed by atoms with Crippen LogP contribution in [0.4, 0.5) is 4.39 Å². The smallest absolute Gasteiger partial charge is 0.142 e. The number of benzene rings is 1. The van der Waals surface area contributed by atoms with Gasteiger partial charge in [0.15, 0.2) is 0 Å². The van der Waals surface area contributed by atoms with Crippen LogP contribution in [0.2, 0.25) is 5.02 Å². The van der Waals surface area contributed by atoms with Crippen LogP contribution in [-0.2, 0) is 4.74 Å². The molecule has 0 aromatic heterocycles. The average molecular weight is 248 g/mol. The summed E-state index contributed by atoms with van der Waals surface area (Å²) in [4.78, 5) is 0. The zero-order chi connectivity index (χ0) is 12.0. The van der Waals surface area contributed by atoms with Gasteiger partial charge in [-0.15, -0.1) is 0 Å². The fraction of sp³-hybridized carbons (Fsp3) is 0.455. The topological polar surface area (TPSA) is 44.5 Å². The van der Waals surface area contributed by atoms with Gasteiger partial charge >= 0.3 is 0 Å². The van der Waals surface area contributed by atoms with Crippen LogP contribution in [0.1, 0.15) is 6.92 Å². The lowest BCUT2D eigenvalue weighted by Crippen LogP contribution is -2.30. The summed E-state index contributed by atoms with van der Waals surface area (Å²) in [6, 6.07) is 4.20. The Kier molecular flexibility index (Phi) is 5.52. The zero-order valence-corrected chi connectivity index (χ0v) is 9.84. The molecule has 3 nitrogen and oxygen atoms in total. The maximum Gasteiger partial charge on any atom is 0.142 e. The fourth-order valence-electron chi connectivity index (χ4n) is 1.18. The molecule has 0 bridgehead atoms. The van der Waals surface area contributed by atoms with Crippen molar-refractivity contribution >= 4 is 11.6 Å². The largest absolute Gasteiger partial charge is 0.491 e. The molecule has 0 spiro atoms. The summed E-state index contributed by atoms with van der Waals surface area (Å²) in [6.45, 7) is 3.17. The van der Waals surface area contributed by atoms with Crippen molar-refractivity contribution in [1.29, 1.82) is 0 Å². The maximum absolute atomic E-state index is 12.9. The van der Waals surface area contributed by atoms with Crippen LogP contribution in [0, 0.1) is 5.82 Å². The van der Waals surface area contributed by atoms with Gasteiger partial charge in [0.2, 0.25) is 0 Å². The van der Waals surface area contributed by atoms with Gasteiger partial charge in [-0.25, -0.2) is 4.39 Å². The Hall–Kier alpha value is -0.840. The molecule has 16 heavy (non-hydrogen) atoms. The Morgan fingerprint density at radius 1 is 1.50 bits per heavy atom. The summed E-state index contributed by atoms with van der Waals surface area (Å²) in [7, 11) is 0. The van der Waals surface area contributed by atoms with Crippen molar-refractivity contribution in [2.24, 2.45) is 5.73 Å². The third kappa shape index (κ3) is 3.96. The van der Waals surface area contributed by atoms with E-state index in [1.54, 1.807) is 0 Å². The molecule has 0 saturated heterocycles. The van der Waals surface area contributed by atoms with Crippen LogP contribution >= 0.6 is 11.6 Å². The highest BCUT2D eigenvalue weighted by atomic mass is 35.5. The molecular weight excluding hydrogens is 233 g/mol. The van der Waals surface area contributed by atoms with E-state index in [9.17, 15) is 4.39 Å². The highest BCUT2D eigenvalue weighted by Crippen LogP contribution is 2.21. The van der Waals surface area contributed by atoms with E-state index in [0.717, 1.165) is 0 Å². The number of rotatable bonds is 6. The van der Waals surface area contributed by atoms with Gasteiger partial charge in [-0.3, -0.25) is 0 Å². The monoisotopic (exact) mass is 247 g/mol. The Bertz CT molecular complexity index is 336. The van der Waals surface area contributed by atoms with Gasteiger partial charge in [-0.2, -0.15) is 0 Å². The lowest BCUT2D eigenvalue weighted by atomic mass is 10.3. The standard InChI is InChI=1S/C11H15ClFNO2/c1-2-15-9(6-14)7-16-8-3-4-11(13)10(12)5-8/h3-5,9H,2,6-7,14H2,1H3. The average Bonchev–Trinajstić information content (AvgIpc) is 2.28. The second kappa shape index (κ2) is 6.68. The van der Waals surface area contributed by atoms with Crippen LogP contribution in [-0.4, -0.2) is 25.9 Å². The molecule has 1 aromatic rings. The second-order valence-electron chi connectivity index (χ2n) is 3.20. The molecular formula is C11H15ClFNO2. The van der Waals surface area contributed by atoms with Gasteiger partial charge in [-0.05, 0) is 19.1 Å². The first kappa shape index (κ1) is 13.2. The van der Waals surface area contributed by atoms with Gasteiger partial charge in [0, 0.05) is 19.2 Å². The van der Waals surface area contributed by atoms with Gasteiger partial charge in [0.1, 0.15) is 24.3 Å². The van der Waals surface area contributed by atoms with Crippen molar-refractivity contribution in [3.05, 3.63) is 29.0 Å². The van der Waals surface area contributed by atoms with Crippen molar-refractivity contribution in [2.75, 3.05) is 19.8 Å². The fourth-order valence-corrected chi connectivity index (χ4v) is 1.35. The van der Waals surface area contributed by atoms with Crippen molar-refractivity contribution in [2.45, 2.75) is 13.0 Å². The first-order chi connectivity index (χ1) is 7.67. The Morgan fingerprint density at radius 3 is 2.81 bits per heavy atom. The minimum Gasteiger partial charge on any atom is -0.491 e. The maximum atomic E-state index is 12.9. The Morgan fingerprint density at radius 2 is 2.25 bits per heavy atom. The van der Waals surface area contributed by atoms with Crippen LogP contribution < -0.4 is 10.5 Å². The first-order valence-corrected chi connectivity index (χ1v) is 5.44. The number of hydrogen-bond acceptors (Lipinski definition) is 3. The van der Waals surface area contributed by atoms with E-state index in [2.05, 4.69) is 0 Å². The minimum atomic E-state index is -0.464. The number of halogens is 2. The highest BCUT2D eigenvalue weighted by molar-refractivity contribution is 6.30. The summed E-state index contributed by atoms with van der Waals surface area (Å²) in [6.07, 6.45) is -0.158. The van der Waals surface area contributed by atoms with Crippen molar-refractivity contribution in [3.63, 3.8) is 0 Å². The van der Waals surface area contributed by atoms with E-state index in [-0.39, 0.29) is 11.1 Å². The lowest BCUT2D eigenvalue weighted by Gasteiger charge is -2.15. The second-order valence-corrected chi connectivity index (χ2v) is 3.61. The summed E-state index contributed by atoms with van der Waals surface area (Å²) < 4.78 is 23.6. The normalized spacial score (nSPS) is 12.5. The van der Waals surface area contributed by atoms with Crippen LogP contribution in [0.3, 0.4) is 0 Å². The molecule has 0 aliphatic rings. The molecule has 90 valence electrons. The molecule has 0 fully saturated rings. The SMILES string of the molecule is CCOC(CN)COc1ccc(F)c(Cl)c1. The van der Waals surface area contributed by atoms with Crippen LogP contribution in [0.5, 0.6) is 5.75 Å². The lowest BCUT2D eigenvalue weighted by molar-refractivity contribution is 0.0337. The predicted octanol–water partition coefficient (Wildman–Crippen LogP) is 2.22. The Labute approximate surface area is 99.3 Å². The van der Waals surface area contributed by atoms with Crippen molar-refractivity contribution in [3.8, 4) is 5.75 Å². The van der Waals surface area contributed by atoms with Crippen LogP contribution in [0.25, 0.3) is 0 Å². The number of ether oxygens (including phenoxy) is 2. The third-order valence-corrected chi connectivity index (χ3v) is 2.28. The van der Waals surface area contributed by atoms with Crippen LogP contribution in [0.15, 0.2) is 18.2 Å². The molecule has 1 unspecified atom stereocenters. The summed E-state index contributed by atoms with van der Waals surface area (Å²) in [5, 5.41) is 0.0400. The molecule has 1 aromatic carbocycles. The van der Waals surface area contributed by atoms with Gasteiger partial charge < -0.3 is 15.2 Å². The summed E-state index contributed by atoms with van der Waals surface area (Å²) in [5.41, 5.74) is 5.49. The van der Waals surface area contributed by atoms with E-state index in [0.29, 0.717) is 25.5 Å². The van der Waals surface area contributed by atoms with E-state index < -0.39 is 5.82 Å². The molecule has 2 N–H and O–H groups in total.